The first-order chi connectivity index (χ1) is 16.3. The molecule has 0 radical (unpaired) electrons. The van der Waals surface area contributed by atoms with Crippen molar-refractivity contribution in [1.82, 2.24) is 0 Å². The van der Waals surface area contributed by atoms with E-state index >= 15 is 0 Å². The van der Waals surface area contributed by atoms with Crippen molar-refractivity contribution in [3.8, 4) is 11.5 Å². The molecule has 0 aliphatic carbocycles. The monoisotopic (exact) mass is 464 g/mol. The predicted molar refractivity (Wildman–Crippen MR) is 111 cm³/mol. The maximum atomic E-state index is 12.4. The SMILES string of the molecule is O=C(Oc1ccc(OC(=O)c2ccc3c(c2)C(O)OC3O)cc1)c1ccc2c(c1)C(=O)OC2O. The summed E-state index contributed by atoms with van der Waals surface area (Å²) in [6.07, 6.45) is -3.96. The first-order valence-corrected chi connectivity index (χ1v) is 10.0. The van der Waals surface area contributed by atoms with E-state index in [4.69, 9.17) is 14.2 Å². The van der Waals surface area contributed by atoms with E-state index in [0.29, 0.717) is 5.56 Å². The number of carbonyl (C=O) groups is 3. The number of hydrogen-bond acceptors (Lipinski definition) is 10. The van der Waals surface area contributed by atoms with E-state index in [0.717, 1.165) is 0 Å². The summed E-state index contributed by atoms with van der Waals surface area (Å²) in [6, 6.07) is 14.1. The van der Waals surface area contributed by atoms with Crippen molar-refractivity contribution in [3.05, 3.63) is 94.0 Å². The van der Waals surface area contributed by atoms with Gasteiger partial charge in [0.25, 0.3) is 0 Å². The average Bonchev–Trinajstić information content (AvgIpc) is 3.28. The summed E-state index contributed by atoms with van der Waals surface area (Å²) in [6.45, 7) is 0. The molecule has 172 valence electrons. The van der Waals surface area contributed by atoms with E-state index in [1.165, 1.54) is 60.7 Å². The summed E-state index contributed by atoms with van der Waals surface area (Å²) in [4.78, 5) is 36.6. The van der Waals surface area contributed by atoms with Crippen LogP contribution >= 0.6 is 0 Å². The van der Waals surface area contributed by atoms with Crippen LogP contribution in [0.2, 0.25) is 0 Å². The molecule has 0 aromatic heterocycles. The van der Waals surface area contributed by atoms with E-state index in [2.05, 4.69) is 4.74 Å². The maximum Gasteiger partial charge on any atom is 0.343 e. The van der Waals surface area contributed by atoms with Gasteiger partial charge in [-0.2, -0.15) is 0 Å². The molecule has 0 amide bonds. The van der Waals surface area contributed by atoms with Gasteiger partial charge in [0.15, 0.2) is 12.6 Å². The Morgan fingerprint density at radius 1 is 0.676 bits per heavy atom. The van der Waals surface area contributed by atoms with Gasteiger partial charge >= 0.3 is 17.9 Å². The molecule has 3 aromatic carbocycles. The summed E-state index contributed by atoms with van der Waals surface area (Å²) in [5.74, 6) is -1.82. The second-order valence-corrected chi connectivity index (χ2v) is 7.49. The Balaban J connectivity index is 1.24. The van der Waals surface area contributed by atoms with Gasteiger partial charge in [-0.15, -0.1) is 0 Å². The molecular formula is C24H16O10. The standard InChI is InChI=1S/C24H16O10/c25-19(11-1-7-15-17(9-11)23(29)33-21(15)27)31-13-3-5-14(6-4-13)32-20(26)12-2-8-16-18(10-12)24(30)34-22(16)28/h1-10,21-23,27-29H. The highest BCUT2D eigenvalue weighted by Crippen LogP contribution is 2.36. The van der Waals surface area contributed by atoms with Crippen LogP contribution in [0.15, 0.2) is 60.7 Å². The fourth-order valence-corrected chi connectivity index (χ4v) is 3.62. The number of aliphatic hydroxyl groups excluding tert-OH is 3. The molecule has 0 spiro atoms. The molecule has 0 saturated carbocycles. The van der Waals surface area contributed by atoms with E-state index < -0.39 is 36.8 Å². The molecule has 0 fully saturated rings. The molecule has 3 aromatic rings. The molecule has 0 bridgehead atoms. The zero-order valence-electron chi connectivity index (χ0n) is 17.2. The zero-order chi connectivity index (χ0) is 24.0. The van der Waals surface area contributed by atoms with Crippen LogP contribution in [-0.2, 0) is 9.47 Å². The van der Waals surface area contributed by atoms with E-state index in [-0.39, 0.29) is 39.3 Å². The van der Waals surface area contributed by atoms with Gasteiger partial charge in [0, 0.05) is 16.7 Å². The van der Waals surface area contributed by atoms with Crippen molar-refractivity contribution in [1.29, 1.82) is 0 Å². The summed E-state index contributed by atoms with van der Waals surface area (Å²) < 4.78 is 20.1. The molecule has 34 heavy (non-hydrogen) atoms. The molecule has 10 nitrogen and oxygen atoms in total. The number of fused-ring (bicyclic) bond motifs is 2. The lowest BCUT2D eigenvalue weighted by Gasteiger charge is -2.08. The van der Waals surface area contributed by atoms with E-state index in [1.807, 2.05) is 0 Å². The Morgan fingerprint density at radius 2 is 1.21 bits per heavy atom. The van der Waals surface area contributed by atoms with Crippen molar-refractivity contribution < 1.29 is 48.7 Å². The minimum absolute atomic E-state index is 0.0874. The number of esters is 3. The quantitative estimate of drug-likeness (QED) is 0.388. The van der Waals surface area contributed by atoms with Crippen molar-refractivity contribution in [3.63, 3.8) is 0 Å². The van der Waals surface area contributed by atoms with Gasteiger partial charge in [-0.05, 0) is 48.5 Å². The highest BCUT2D eigenvalue weighted by Gasteiger charge is 2.31. The van der Waals surface area contributed by atoms with Crippen LogP contribution in [0.5, 0.6) is 11.5 Å². The third-order valence-corrected chi connectivity index (χ3v) is 5.35. The molecule has 2 heterocycles. The third kappa shape index (κ3) is 3.91. The molecule has 3 N–H and O–H groups in total. The number of rotatable bonds is 4. The van der Waals surface area contributed by atoms with Gasteiger partial charge in [-0.25, -0.2) is 14.4 Å². The molecule has 2 aliphatic rings. The first-order valence-electron chi connectivity index (χ1n) is 10.0. The van der Waals surface area contributed by atoms with Crippen molar-refractivity contribution in [2.45, 2.75) is 18.9 Å². The maximum absolute atomic E-state index is 12.4. The van der Waals surface area contributed by atoms with Gasteiger partial charge in [-0.3, -0.25) is 0 Å². The molecule has 10 heteroatoms. The second-order valence-electron chi connectivity index (χ2n) is 7.49. The number of benzene rings is 3. The number of carbonyl (C=O) groups excluding carboxylic acids is 3. The second kappa shape index (κ2) is 8.36. The number of ether oxygens (including phenoxy) is 4. The lowest BCUT2D eigenvalue weighted by molar-refractivity contribution is -0.193. The largest absolute Gasteiger partial charge is 0.428 e. The Morgan fingerprint density at radius 3 is 1.82 bits per heavy atom. The van der Waals surface area contributed by atoms with Gasteiger partial charge < -0.3 is 34.3 Å². The number of cyclic esters (lactones) is 1. The Hall–Kier alpha value is -4.09. The van der Waals surface area contributed by atoms with Crippen molar-refractivity contribution in [2.24, 2.45) is 0 Å². The number of aliphatic hydroxyl groups is 3. The van der Waals surface area contributed by atoms with Crippen LogP contribution < -0.4 is 9.47 Å². The van der Waals surface area contributed by atoms with Crippen molar-refractivity contribution >= 4 is 17.9 Å². The van der Waals surface area contributed by atoms with E-state index in [9.17, 15) is 29.7 Å². The lowest BCUT2D eigenvalue weighted by Crippen LogP contribution is -2.11. The average molecular weight is 464 g/mol. The van der Waals surface area contributed by atoms with Gasteiger partial charge in [0.2, 0.25) is 6.29 Å². The van der Waals surface area contributed by atoms with Gasteiger partial charge in [0.1, 0.15) is 11.5 Å². The molecule has 3 unspecified atom stereocenters. The smallest absolute Gasteiger partial charge is 0.343 e. The minimum atomic E-state index is -1.36. The summed E-state index contributed by atoms with van der Waals surface area (Å²) in [5.41, 5.74) is 1.24. The van der Waals surface area contributed by atoms with Crippen molar-refractivity contribution in [2.75, 3.05) is 0 Å². The van der Waals surface area contributed by atoms with Gasteiger partial charge in [-0.1, -0.05) is 12.1 Å². The summed E-state index contributed by atoms with van der Waals surface area (Å²) in [5, 5.41) is 29.1. The predicted octanol–water partition coefficient (Wildman–Crippen LogP) is 2.30. The minimum Gasteiger partial charge on any atom is -0.428 e. The fraction of sp³-hybridized carbons (Fsp3) is 0.125. The van der Waals surface area contributed by atoms with Crippen LogP contribution in [-0.4, -0.2) is 33.2 Å². The van der Waals surface area contributed by atoms with Crippen LogP contribution in [0.25, 0.3) is 0 Å². The number of hydrogen-bond donors (Lipinski definition) is 3. The van der Waals surface area contributed by atoms with Gasteiger partial charge in [0.05, 0.1) is 16.7 Å². The highest BCUT2D eigenvalue weighted by atomic mass is 16.7. The van der Waals surface area contributed by atoms with Crippen LogP contribution in [0, 0.1) is 0 Å². The normalized spacial score (nSPS) is 20.3. The topological polar surface area (TPSA) is 149 Å². The fourth-order valence-electron chi connectivity index (χ4n) is 3.62. The first kappa shape index (κ1) is 21.7. The lowest BCUT2D eigenvalue weighted by atomic mass is 10.1. The molecule has 5 rings (SSSR count). The Labute approximate surface area is 191 Å². The summed E-state index contributed by atoms with van der Waals surface area (Å²) >= 11 is 0. The molecular weight excluding hydrogens is 448 g/mol. The molecule has 2 aliphatic heterocycles. The van der Waals surface area contributed by atoms with Crippen LogP contribution in [0.4, 0.5) is 0 Å². The highest BCUT2D eigenvalue weighted by molar-refractivity contribution is 5.98. The van der Waals surface area contributed by atoms with E-state index in [1.54, 1.807) is 0 Å². The summed E-state index contributed by atoms with van der Waals surface area (Å²) in [7, 11) is 0. The van der Waals surface area contributed by atoms with Crippen LogP contribution in [0.1, 0.15) is 66.6 Å². The zero-order valence-corrected chi connectivity index (χ0v) is 17.2. The Kier molecular flexibility index (Phi) is 5.34. The Bertz CT molecular complexity index is 1310. The third-order valence-electron chi connectivity index (χ3n) is 5.35. The molecule has 3 atom stereocenters. The van der Waals surface area contributed by atoms with Crippen LogP contribution in [0.3, 0.4) is 0 Å². The molecule has 0 saturated heterocycles.